The first kappa shape index (κ1) is 20.6. The predicted octanol–water partition coefficient (Wildman–Crippen LogP) is 5.76. The van der Waals surface area contributed by atoms with Crippen LogP contribution in [0.4, 0.5) is 0 Å². The second-order valence-corrected chi connectivity index (χ2v) is 7.76. The second-order valence-electron chi connectivity index (χ2n) is 7.76. The van der Waals surface area contributed by atoms with Gasteiger partial charge in [0, 0.05) is 10.9 Å². The Morgan fingerprint density at radius 1 is 0.871 bits per heavy atom. The lowest BCUT2D eigenvalue weighted by Gasteiger charge is -2.18. The Labute approximate surface area is 181 Å². The zero-order valence-corrected chi connectivity index (χ0v) is 17.5. The summed E-state index contributed by atoms with van der Waals surface area (Å²) < 4.78 is 1.40. The molecule has 156 valence electrons. The zero-order valence-electron chi connectivity index (χ0n) is 17.5. The van der Waals surface area contributed by atoms with Gasteiger partial charge in [-0.05, 0) is 41.0 Å². The van der Waals surface area contributed by atoms with Crippen molar-refractivity contribution >= 4 is 16.7 Å². The number of nitrogens with zero attached hydrogens (tertiary/aromatic N) is 1. The summed E-state index contributed by atoms with van der Waals surface area (Å²) in [6, 6.07) is 24.8. The topological polar surface area (TPSA) is 59.3 Å². The van der Waals surface area contributed by atoms with E-state index in [9.17, 15) is 14.7 Å². The summed E-state index contributed by atoms with van der Waals surface area (Å²) >= 11 is 0. The monoisotopic (exact) mass is 411 g/mol. The van der Waals surface area contributed by atoms with E-state index in [-0.39, 0.29) is 17.8 Å². The number of rotatable bonds is 7. The summed E-state index contributed by atoms with van der Waals surface area (Å²) in [4.78, 5) is 26.0. The molecule has 4 heteroatoms. The maximum absolute atomic E-state index is 13.5. The first-order chi connectivity index (χ1) is 15.1. The van der Waals surface area contributed by atoms with E-state index in [4.69, 9.17) is 0 Å². The van der Waals surface area contributed by atoms with E-state index in [2.05, 4.69) is 6.92 Å². The van der Waals surface area contributed by atoms with Crippen LogP contribution in [0.2, 0.25) is 0 Å². The SMILES string of the molecule is CCCCc1ccc2c(=O)n(Cc3ccccc3)c(C(=O)O)c(-c3ccccc3)c2c1. The van der Waals surface area contributed by atoms with Crippen LogP contribution in [0.1, 0.15) is 41.4 Å². The number of carboxylic acid groups (broad SMARTS) is 1. The van der Waals surface area contributed by atoms with Gasteiger partial charge in [0.05, 0.1) is 6.54 Å². The van der Waals surface area contributed by atoms with Gasteiger partial charge in [0.15, 0.2) is 0 Å². The van der Waals surface area contributed by atoms with Gasteiger partial charge in [0.25, 0.3) is 5.56 Å². The van der Waals surface area contributed by atoms with E-state index in [1.54, 1.807) is 0 Å². The number of carboxylic acids is 1. The van der Waals surface area contributed by atoms with Crippen LogP contribution in [-0.4, -0.2) is 15.6 Å². The number of aromatic nitrogens is 1. The van der Waals surface area contributed by atoms with Crippen LogP contribution in [0, 0.1) is 0 Å². The third-order valence-electron chi connectivity index (χ3n) is 5.60. The minimum absolute atomic E-state index is 0.0280. The molecule has 4 nitrogen and oxygen atoms in total. The normalized spacial score (nSPS) is 11.0. The highest BCUT2D eigenvalue weighted by molar-refractivity contribution is 6.06. The van der Waals surface area contributed by atoms with Gasteiger partial charge < -0.3 is 5.11 Å². The third kappa shape index (κ3) is 4.15. The molecule has 0 aliphatic carbocycles. The van der Waals surface area contributed by atoms with Gasteiger partial charge in [-0.2, -0.15) is 0 Å². The maximum Gasteiger partial charge on any atom is 0.353 e. The summed E-state index contributed by atoms with van der Waals surface area (Å²) in [5.41, 5.74) is 3.13. The molecule has 3 aromatic carbocycles. The molecule has 4 aromatic rings. The Kier molecular flexibility index (Phi) is 5.99. The maximum atomic E-state index is 13.5. The van der Waals surface area contributed by atoms with Crippen LogP contribution in [0.5, 0.6) is 0 Å². The molecule has 0 bridgehead atoms. The van der Waals surface area contributed by atoms with E-state index in [0.717, 1.165) is 36.0 Å². The molecule has 0 unspecified atom stereocenters. The number of aromatic carboxylic acids is 1. The molecule has 1 N–H and O–H groups in total. The van der Waals surface area contributed by atoms with Crippen molar-refractivity contribution in [3.63, 3.8) is 0 Å². The van der Waals surface area contributed by atoms with Gasteiger partial charge >= 0.3 is 5.97 Å². The molecule has 0 amide bonds. The fraction of sp³-hybridized carbons (Fsp3) is 0.185. The largest absolute Gasteiger partial charge is 0.477 e. The number of aryl methyl sites for hydroxylation is 1. The lowest BCUT2D eigenvalue weighted by molar-refractivity contribution is 0.0685. The van der Waals surface area contributed by atoms with Crippen molar-refractivity contribution < 1.29 is 9.90 Å². The van der Waals surface area contributed by atoms with Crippen LogP contribution in [0.25, 0.3) is 21.9 Å². The number of fused-ring (bicyclic) bond motifs is 1. The van der Waals surface area contributed by atoms with Gasteiger partial charge in [-0.15, -0.1) is 0 Å². The molecular formula is C27H25NO3. The van der Waals surface area contributed by atoms with Crippen molar-refractivity contribution in [2.45, 2.75) is 32.7 Å². The van der Waals surface area contributed by atoms with E-state index in [1.165, 1.54) is 4.57 Å². The molecule has 0 aliphatic heterocycles. The first-order valence-corrected chi connectivity index (χ1v) is 10.6. The molecule has 0 saturated heterocycles. The molecule has 31 heavy (non-hydrogen) atoms. The number of hydrogen-bond donors (Lipinski definition) is 1. The standard InChI is InChI=1S/C27H25NO3/c1-2-3-10-19-15-16-22-23(17-19)24(21-13-8-5-9-14-21)25(27(30)31)28(26(22)29)18-20-11-6-4-7-12-20/h4-9,11-17H,2-3,10,18H2,1H3,(H,30,31). The van der Waals surface area contributed by atoms with Gasteiger partial charge in [-0.1, -0.05) is 86.1 Å². The van der Waals surface area contributed by atoms with Crippen LogP contribution in [0.15, 0.2) is 83.7 Å². The molecule has 0 saturated carbocycles. The highest BCUT2D eigenvalue weighted by atomic mass is 16.4. The van der Waals surface area contributed by atoms with Crippen molar-refractivity contribution in [1.29, 1.82) is 0 Å². The van der Waals surface area contributed by atoms with Gasteiger partial charge in [0.1, 0.15) is 5.69 Å². The summed E-state index contributed by atoms with van der Waals surface area (Å²) in [6.45, 7) is 2.34. The fourth-order valence-electron chi connectivity index (χ4n) is 4.07. The molecule has 0 atom stereocenters. The van der Waals surface area contributed by atoms with Crippen LogP contribution in [0.3, 0.4) is 0 Å². The second kappa shape index (κ2) is 9.00. The smallest absolute Gasteiger partial charge is 0.353 e. The zero-order chi connectivity index (χ0) is 21.8. The first-order valence-electron chi connectivity index (χ1n) is 10.6. The summed E-state index contributed by atoms with van der Waals surface area (Å²) in [7, 11) is 0. The van der Waals surface area contributed by atoms with Gasteiger partial charge in [-0.25, -0.2) is 4.79 Å². The van der Waals surface area contributed by atoms with Gasteiger partial charge in [-0.3, -0.25) is 9.36 Å². The van der Waals surface area contributed by atoms with E-state index in [1.807, 2.05) is 78.9 Å². The minimum Gasteiger partial charge on any atom is -0.477 e. The number of hydrogen-bond acceptors (Lipinski definition) is 2. The predicted molar refractivity (Wildman–Crippen MR) is 125 cm³/mol. The van der Waals surface area contributed by atoms with E-state index >= 15 is 0 Å². The van der Waals surface area contributed by atoms with Gasteiger partial charge in [0.2, 0.25) is 0 Å². The molecule has 0 radical (unpaired) electrons. The van der Waals surface area contributed by atoms with Crippen molar-refractivity contribution in [3.8, 4) is 11.1 Å². The lowest BCUT2D eigenvalue weighted by atomic mass is 9.94. The van der Waals surface area contributed by atoms with E-state index < -0.39 is 5.97 Å². The van der Waals surface area contributed by atoms with Crippen molar-refractivity contribution in [1.82, 2.24) is 4.57 Å². The molecule has 0 aliphatic rings. The molecular weight excluding hydrogens is 386 g/mol. The quantitative estimate of drug-likeness (QED) is 0.421. The molecule has 4 rings (SSSR count). The number of pyridine rings is 1. The Hall–Kier alpha value is -3.66. The minimum atomic E-state index is -1.10. The molecule has 1 aromatic heterocycles. The van der Waals surface area contributed by atoms with Crippen molar-refractivity contribution in [3.05, 3.63) is 106 Å². The summed E-state index contributed by atoms with van der Waals surface area (Å²) in [5.74, 6) is -1.10. The highest BCUT2D eigenvalue weighted by Crippen LogP contribution is 2.32. The lowest BCUT2D eigenvalue weighted by Crippen LogP contribution is -2.28. The molecule has 1 heterocycles. The van der Waals surface area contributed by atoms with Crippen LogP contribution < -0.4 is 5.56 Å². The summed E-state index contributed by atoms with van der Waals surface area (Å²) in [5, 5.41) is 11.5. The molecule has 0 fully saturated rings. The average molecular weight is 412 g/mol. The number of benzene rings is 3. The Bertz CT molecular complexity index is 1270. The summed E-state index contributed by atoms with van der Waals surface area (Å²) in [6.07, 6.45) is 3.02. The van der Waals surface area contributed by atoms with Crippen LogP contribution in [-0.2, 0) is 13.0 Å². The number of carbonyl (C=O) groups is 1. The third-order valence-corrected chi connectivity index (χ3v) is 5.60. The van der Waals surface area contributed by atoms with Crippen molar-refractivity contribution in [2.24, 2.45) is 0 Å². The number of unbranched alkanes of at least 4 members (excludes halogenated alkanes) is 1. The Morgan fingerprint density at radius 2 is 1.55 bits per heavy atom. The highest BCUT2D eigenvalue weighted by Gasteiger charge is 2.23. The Morgan fingerprint density at radius 3 is 2.19 bits per heavy atom. The van der Waals surface area contributed by atoms with Crippen LogP contribution >= 0.6 is 0 Å². The fourth-order valence-corrected chi connectivity index (χ4v) is 4.07. The average Bonchev–Trinajstić information content (AvgIpc) is 2.80. The molecule has 0 spiro atoms. The van der Waals surface area contributed by atoms with Crippen molar-refractivity contribution in [2.75, 3.05) is 0 Å². The van der Waals surface area contributed by atoms with E-state index in [0.29, 0.717) is 16.3 Å². The Balaban J connectivity index is 2.06.